The molecule has 8 heteroatoms. The van der Waals surface area contributed by atoms with Gasteiger partial charge in [0.2, 0.25) is 5.75 Å². The van der Waals surface area contributed by atoms with Crippen molar-refractivity contribution in [2.75, 3.05) is 13.2 Å². The molecular formula is C10H10F3NO4. The maximum absolute atomic E-state index is 12.0. The number of rotatable bonds is 5. The number of halogens is 3. The van der Waals surface area contributed by atoms with Gasteiger partial charge in [-0.1, -0.05) is 0 Å². The molecule has 0 aromatic heterocycles. The third-order valence-electron chi connectivity index (χ3n) is 1.83. The molecule has 0 radical (unpaired) electrons. The lowest BCUT2D eigenvalue weighted by Gasteiger charge is -2.10. The first kappa shape index (κ1) is 14.1. The van der Waals surface area contributed by atoms with Crippen LogP contribution in [-0.4, -0.2) is 24.3 Å². The second-order valence-electron chi connectivity index (χ2n) is 3.22. The molecule has 0 aliphatic rings. The molecule has 1 rings (SSSR count). The van der Waals surface area contributed by atoms with Crippen molar-refractivity contribution in [3.05, 3.63) is 28.3 Å². The van der Waals surface area contributed by atoms with E-state index in [-0.39, 0.29) is 12.4 Å². The molecular weight excluding hydrogens is 255 g/mol. The molecule has 0 aliphatic heterocycles. The molecule has 0 fully saturated rings. The third kappa shape index (κ3) is 4.11. The number of benzene rings is 1. The summed E-state index contributed by atoms with van der Waals surface area (Å²) < 4.78 is 45.4. The SMILES string of the molecule is CCOc1ccc([N+](=O)[O-])c(OCC(F)(F)F)c1. The summed E-state index contributed by atoms with van der Waals surface area (Å²) in [6.45, 7) is 0.373. The van der Waals surface area contributed by atoms with Crippen molar-refractivity contribution in [3.8, 4) is 11.5 Å². The van der Waals surface area contributed by atoms with Gasteiger partial charge in [0.15, 0.2) is 6.61 Å². The maximum Gasteiger partial charge on any atom is 0.422 e. The molecule has 0 amide bonds. The predicted octanol–water partition coefficient (Wildman–Crippen LogP) is 2.93. The van der Waals surface area contributed by atoms with Crippen LogP contribution in [0.2, 0.25) is 0 Å². The van der Waals surface area contributed by atoms with Crippen LogP contribution in [0.3, 0.4) is 0 Å². The van der Waals surface area contributed by atoms with Crippen molar-refractivity contribution < 1.29 is 27.6 Å². The number of ether oxygens (including phenoxy) is 2. The van der Waals surface area contributed by atoms with Crippen molar-refractivity contribution >= 4 is 5.69 Å². The molecule has 18 heavy (non-hydrogen) atoms. The van der Waals surface area contributed by atoms with Crippen molar-refractivity contribution in [1.29, 1.82) is 0 Å². The van der Waals surface area contributed by atoms with Crippen LogP contribution >= 0.6 is 0 Å². The normalized spacial score (nSPS) is 11.1. The van der Waals surface area contributed by atoms with Crippen LogP contribution < -0.4 is 9.47 Å². The number of nitro benzene ring substituents is 1. The van der Waals surface area contributed by atoms with Crippen LogP contribution in [0.1, 0.15) is 6.92 Å². The van der Waals surface area contributed by atoms with Crippen LogP contribution in [0.5, 0.6) is 11.5 Å². The Morgan fingerprint density at radius 3 is 2.50 bits per heavy atom. The molecule has 0 saturated heterocycles. The van der Waals surface area contributed by atoms with Crippen LogP contribution in [0, 0.1) is 10.1 Å². The van der Waals surface area contributed by atoms with Gasteiger partial charge in [-0.15, -0.1) is 0 Å². The lowest BCUT2D eigenvalue weighted by Crippen LogP contribution is -2.19. The molecule has 100 valence electrons. The van der Waals surface area contributed by atoms with E-state index in [9.17, 15) is 23.3 Å². The van der Waals surface area contributed by atoms with Gasteiger partial charge in [-0.25, -0.2) is 0 Å². The van der Waals surface area contributed by atoms with Gasteiger partial charge in [0, 0.05) is 12.1 Å². The lowest BCUT2D eigenvalue weighted by atomic mass is 10.3. The standard InChI is InChI=1S/C10H10F3NO4/c1-2-17-7-3-4-8(14(15)16)9(5-7)18-6-10(11,12)13/h3-5H,2,6H2,1H3. The number of nitro groups is 1. The van der Waals surface area contributed by atoms with E-state index in [0.29, 0.717) is 0 Å². The van der Waals surface area contributed by atoms with E-state index in [4.69, 9.17) is 4.74 Å². The molecule has 0 N–H and O–H groups in total. The van der Waals surface area contributed by atoms with Crippen molar-refractivity contribution in [3.63, 3.8) is 0 Å². The number of nitrogens with zero attached hydrogens (tertiary/aromatic N) is 1. The zero-order valence-corrected chi connectivity index (χ0v) is 9.36. The minimum absolute atomic E-state index is 0.209. The Morgan fingerprint density at radius 2 is 2.00 bits per heavy atom. The van der Waals surface area contributed by atoms with Gasteiger partial charge in [0.05, 0.1) is 11.5 Å². The van der Waals surface area contributed by atoms with Gasteiger partial charge in [0.1, 0.15) is 5.75 Å². The molecule has 0 saturated carbocycles. The Balaban J connectivity index is 2.96. The summed E-state index contributed by atoms with van der Waals surface area (Å²) in [6.07, 6.45) is -4.56. The fraction of sp³-hybridized carbons (Fsp3) is 0.400. The Bertz CT molecular complexity index is 434. The Morgan fingerprint density at radius 1 is 1.33 bits per heavy atom. The molecule has 0 atom stereocenters. The average molecular weight is 265 g/mol. The minimum Gasteiger partial charge on any atom is -0.494 e. The van der Waals surface area contributed by atoms with Gasteiger partial charge in [-0.3, -0.25) is 10.1 Å². The number of hydrogen-bond acceptors (Lipinski definition) is 4. The topological polar surface area (TPSA) is 61.6 Å². The van der Waals surface area contributed by atoms with E-state index in [1.807, 2.05) is 0 Å². The van der Waals surface area contributed by atoms with E-state index in [0.717, 1.165) is 12.1 Å². The molecule has 0 heterocycles. The summed E-state index contributed by atoms with van der Waals surface area (Å²) in [7, 11) is 0. The van der Waals surface area contributed by atoms with Gasteiger partial charge >= 0.3 is 11.9 Å². The van der Waals surface area contributed by atoms with E-state index >= 15 is 0 Å². The highest BCUT2D eigenvalue weighted by atomic mass is 19.4. The third-order valence-corrected chi connectivity index (χ3v) is 1.83. The summed E-state index contributed by atoms with van der Waals surface area (Å²) >= 11 is 0. The quantitative estimate of drug-likeness (QED) is 0.606. The van der Waals surface area contributed by atoms with Crippen molar-refractivity contribution in [2.45, 2.75) is 13.1 Å². The summed E-state index contributed by atoms with van der Waals surface area (Å²) in [4.78, 5) is 9.80. The summed E-state index contributed by atoms with van der Waals surface area (Å²) in [5.74, 6) is -0.261. The van der Waals surface area contributed by atoms with Crippen LogP contribution in [0.15, 0.2) is 18.2 Å². The zero-order chi connectivity index (χ0) is 13.8. The summed E-state index contributed by atoms with van der Waals surface area (Å²) in [5, 5.41) is 10.6. The molecule has 1 aromatic rings. The average Bonchev–Trinajstić information content (AvgIpc) is 2.25. The van der Waals surface area contributed by atoms with E-state index in [2.05, 4.69) is 4.74 Å². The smallest absolute Gasteiger partial charge is 0.422 e. The second-order valence-corrected chi connectivity index (χ2v) is 3.22. The molecule has 5 nitrogen and oxygen atoms in total. The van der Waals surface area contributed by atoms with E-state index in [1.165, 1.54) is 6.07 Å². The van der Waals surface area contributed by atoms with Gasteiger partial charge in [0.25, 0.3) is 0 Å². The second kappa shape index (κ2) is 5.56. The molecule has 0 aliphatic carbocycles. The Kier molecular flexibility index (Phi) is 4.35. The highest BCUT2D eigenvalue weighted by Crippen LogP contribution is 2.32. The summed E-state index contributed by atoms with van der Waals surface area (Å²) in [5.41, 5.74) is -0.539. The predicted molar refractivity (Wildman–Crippen MR) is 55.8 cm³/mol. The highest BCUT2D eigenvalue weighted by Gasteiger charge is 2.30. The number of hydrogen-bond donors (Lipinski definition) is 0. The van der Waals surface area contributed by atoms with Gasteiger partial charge in [-0.2, -0.15) is 13.2 Å². The largest absolute Gasteiger partial charge is 0.494 e. The first-order valence-electron chi connectivity index (χ1n) is 4.94. The Labute approximate surface area is 100 Å². The van der Waals surface area contributed by atoms with Crippen LogP contribution in [-0.2, 0) is 0 Å². The van der Waals surface area contributed by atoms with E-state index < -0.39 is 29.1 Å². The zero-order valence-electron chi connectivity index (χ0n) is 9.36. The van der Waals surface area contributed by atoms with Crippen LogP contribution in [0.4, 0.5) is 18.9 Å². The lowest BCUT2D eigenvalue weighted by molar-refractivity contribution is -0.386. The molecule has 0 spiro atoms. The minimum atomic E-state index is -4.56. The van der Waals surface area contributed by atoms with Crippen LogP contribution in [0.25, 0.3) is 0 Å². The molecule has 1 aromatic carbocycles. The van der Waals surface area contributed by atoms with Crippen molar-refractivity contribution in [1.82, 2.24) is 0 Å². The van der Waals surface area contributed by atoms with E-state index in [1.54, 1.807) is 6.92 Å². The first-order chi connectivity index (χ1) is 8.33. The summed E-state index contributed by atoms with van der Waals surface area (Å²) in [6, 6.07) is 3.39. The fourth-order valence-corrected chi connectivity index (χ4v) is 1.18. The van der Waals surface area contributed by atoms with Gasteiger partial charge < -0.3 is 9.47 Å². The Hall–Kier alpha value is -1.99. The maximum atomic E-state index is 12.0. The monoisotopic (exact) mass is 265 g/mol. The molecule has 0 bridgehead atoms. The van der Waals surface area contributed by atoms with Gasteiger partial charge in [-0.05, 0) is 13.0 Å². The number of alkyl halides is 3. The highest BCUT2D eigenvalue weighted by molar-refractivity contribution is 5.50. The molecule has 0 unspecified atom stereocenters. The fourth-order valence-electron chi connectivity index (χ4n) is 1.18. The van der Waals surface area contributed by atoms with Crippen molar-refractivity contribution in [2.24, 2.45) is 0 Å². The first-order valence-corrected chi connectivity index (χ1v) is 4.94.